The van der Waals surface area contributed by atoms with Gasteiger partial charge in [-0.1, -0.05) is 18.0 Å². The molecular formula is C14H22N2O3. The fourth-order valence-electron chi connectivity index (χ4n) is 3.11. The van der Waals surface area contributed by atoms with Crippen molar-refractivity contribution in [1.29, 1.82) is 0 Å². The molecule has 1 saturated heterocycles. The van der Waals surface area contributed by atoms with Crippen molar-refractivity contribution in [2.24, 2.45) is 11.8 Å². The first-order valence-corrected chi connectivity index (χ1v) is 7.38. The Hall–Kier alpha value is -0.940. The minimum Gasteiger partial charge on any atom is -0.393 e. The van der Waals surface area contributed by atoms with Crippen LogP contribution in [0.2, 0.25) is 0 Å². The van der Waals surface area contributed by atoms with Gasteiger partial charge in [0.25, 0.3) is 0 Å². The first-order chi connectivity index (χ1) is 9.31. The van der Waals surface area contributed by atoms with Crippen LogP contribution in [-0.2, 0) is 17.6 Å². The second kappa shape index (κ2) is 6.01. The molecule has 1 aliphatic heterocycles. The van der Waals surface area contributed by atoms with Gasteiger partial charge in [-0.25, -0.2) is 0 Å². The third kappa shape index (κ3) is 3.34. The molecule has 3 rings (SSSR count). The Morgan fingerprint density at radius 1 is 1.16 bits per heavy atom. The number of aliphatic hydroxyl groups is 1. The maximum absolute atomic E-state index is 9.96. The molecule has 5 nitrogen and oxygen atoms in total. The Kier molecular flexibility index (Phi) is 4.13. The van der Waals surface area contributed by atoms with Crippen LogP contribution in [0.15, 0.2) is 4.52 Å². The third-order valence-electron chi connectivity index (χ3n) is 4.31. The van der Waals surface area contributed by atoms with Crippen molar-refractivity contribution < 1.29 is 14.4 Å². The van der Waals surface area contributed by atoms with E-state index in [0.717, 1.165) is 57.6 Å². The Morgan fingerprint density at radius 3 is 2.84 bits per heavy atom. The van der Waals surface area contributed by atoms with E-state index >= 15 is 0 Å². The van der Waals surface area contributed by atoms with Gasteiger partial charge in [0.1, 0.15) is 0 Å². The molecule has 3 unspecified atom stereocenters. The van der Waals surface area contributed by atoms with E-state index in [1.165, 1.54) is 6.42 Å². The van der Waals surface area contributed by atoms with Gasteiger partial charge in [-0.15, -0.1) is 0 Å². The topological polar surface area (TPSA) is 68.4 Å². The lowest BCUT2D eigenvalue weighted by Gasteiger charge is -2.26. The van der Waals surface area contributed by atoms with E-state index < -0.39 is 0 Å². The minimum absolute atomic E-state index is 0.202. The zero-order valence-corrected chi connectivity index (χ0v) is 11.3. The van der Waals surface area contributed by atoms with E-state index in [0.29, 0.717) is 11.8 Å². The molecule has 19 heavy (non-hydrogen) atoms. The van der Waals surface area contributed by atoms with E-state index in [2.05, 4.69) is 10.1 Å². The summed E-state index contributed by atoms with van der Waals surface area (Å²) >= 11 is 0. The van der Waals surface area contributed by atoms with Crippen molar-refractivity contribution in [1.82, 2.24) is 10.1 Å². The number of rotatable bonds is 4. The maximum Gasteiger partial charge on any atom is 0.227 e. The van der Waals surface area contributed by atoms with Gasteiger partial charge in [0.05, 0.1) is 6.10 Å². The van der Waals surface area contributed by atoms with E-state index in [-0.39, 0.29) is 12.0 Å². The van der Waals surface area contributed by atoms with Gasteiger partial charge in [-0.2, -0.15) is 4.98 Å². The predicted octanol–water partition coefficient (Wildman–Crippen LogP) is 1.74. The lowest BCUT2D eigenvalue weighted by Crippen LogP contribution is -2.26. The number of ether oxygens (including phenoxy) is 1. The molecular weight excluding hydrogens is 244 g/mol. The van der Waals surface area contributed by atoms with Crippen LogP contribution in [0.3, 0.4) is 0 Å². The second-order valence-corrected chi connectivity index (χ2v) is 5.85. The van der Waals surface area contributed by atoms with Gasteiger partial charge in [0, 0.05) is 26.1 Å². The monoisotopic (exact) mass is 266 g/mol. The van der Waals surface area contributed by atoms with Crippen LogP contribution in [0.4, 0.5) is 0 Å². The fourth-order valence-corrected chi connectivity index (χ4v) is 3.11. The Bertz CT molecular complexity index is 401. The lowest BCUT2D eigenvalue weighted by molar-refractivity contribution is 0.0657. The van der Waals surface area contributed by atoms with Crippen LogP contribution in [0.5, 0.6) is 0 Å². The molecule has 2 heterocycles. The Morgan fingerprint density at radius 2 is 2.05 bits per heavy atom. The SMILES string of the molecule is OC1CCCCC1Cc1nc(CC2CCOC2)no1. The summed E-state index contributed by atoms with van der Waals surface area (Å²) in [5, 5.41) is 14.0. The summed E-state index contributed by atoms with van der Waals surface area (Å²) in [4.78, 5) is 4.46. The molecule has 0 bridgehead atoms. The zero-order chi connectivity index (χ0) is 13.1. The molecule has 2 fully saturated rings. The van der Waals surface area contributed by atoms with Crippen LogP contribution < -0.4 is 0 Å². The number of hydrogen-bond acceptors (Lipinski definition) is 5. The van der Waals surface area contributed by atoms with Crippen molar-refractivity contribution >= 4 is 0 Å². The smallest absolute Gasteiger partial charge is 0.227 e. The molecule has 0 amide bonds. The van der Waals surface area contributed by atoms with E-state index in [1.54, 1.807) is 0 Å². The fraction of sp³-hybridized carbons (Fsp3) is 0.857. The van der Waals surface area contributed by atoms with E-state index in [4.69, 9.17) is 9.26 Å². The molecule has 1 saturated carbocycles. The molecule has 106 valence electrons. The molecule has 1 aromatic heterocycles. The zero-order valence-electron chi connectivity index (χ0n) is 11.3. The summed E-state index contributed by atoms with van der Waals surface area (Å²) in [5.74, 6) is 2.29. The summed E-state index contributed by atoms with van der Waals surface area (Å²) in [6.07, 6.45) is 6.75. The molecule has 5 heteroatoms. The van der Waals surface area contributed by atoms with Crippen molar-refractivity contribution in [2.75, 3.05) is 13.2 Å². The van der Waals surface area contributed by atoms with Crippen LogP contribution in [-0.4, -0.2) is 34.6 Å². The van der Waals surface area contributed by atoms with Crippen molar-refractivity contribution in [3.05, 3.63) is 11.7 Å². The van der Waals surface area contributed by atoms with E-state index in [9.17, 15) is 5.11 Å². The highest BCUT2D eigenvalue weighted by Crippen LogP contribution is 2.27. The molecule has 3 atom stereocenters. The maximum atomic E-state index is 9.96. The highest BCUT2D eigenvalue weighted by molar-refractivity contribution is 4.92. The third-order valence-corrected chi connectivity index (χ3v) is 4.31. The molecule has 0 spiro atoms. The second-order valence-electron chi connectivity index (χ2n) is 5.85. The number of hydrogen-bond donors (Lipinski definition) is 1. The lowest BCUT2D eigenvalue weighted by atomic mass is 9.84. The first kappa shape index (κ1) is 13.1. The number of aliphatic hydroxyl groups excluding tert-OH is 1. The molecule has 1 aliphatic carbocycles. The van der Waals surface area contributed by atoms with Crippen molar-refractivity contribution in [2.45, 2.75) is 51.0 Å². The van der Waals surface area contributed by atoms with Gasteiger partial charge in [-0.3, -0.25) is 0 Å². The summed E-state index contributed by atoms with van der Waals surface area (Å²) in [6, 6.07) is 0. The number of nitrogens with zero attached hydrogens (tertiary/aromatic N) is 2. The Labute approximate surface area is 113 Å². The summed E-state index contributed by atoms with van der Waals surface area (Å²) in [6.45, 7) is 1.66. The predicted molar refractivity (Wildman–Crippen MR) is 68.6 cm³/mol. The first-order valence-electron chi connectivity index (χ1n) is 7.38. The largest absolute Gasteiger partial charge is 0.393 e. The molecule has 0 aromatic carbocycles. The minimum atomic E-state index is -0.202. The molecule has 2 aliphatic rings. The van der Waals surface area contributed by atoms with Crippen molar-refractivity contribution in [3.8, 4) is 0 Å². The summed E-state index contributed by atoms with van der Waals surface area (Å²) in [5.41, 5.74) is 0. The quantitative estimate of drug-likeness (QED) is 0.899. The highest BCUT2D eigenvalue weighted by atomic mass is 16.5. The van der Waals surface area contributed by atoms with Gasteiger partial charge >= 0.3 is 0 Å². The van der Waals surface area contributed by atoms with Gasteiger partial charge < -0.3 is 14.4 Å². The average molecular weight is 266 g/mol. The van der Waals surface area contributed by atoms with Crippen LogP contribution in [0.1, 0.15) is 43.8 Å². The molecule has 1 aromatic rings. The molecule has 0 radical (unpaired) electrons. The normalized spacial score (nSPS) is 31.7. The van der Waals surface area contributed by atoms with Crippen LogP contribution in [0, 0.1) is 11.8 Å². The van der Waals surface area contributed by atoms with Gasteiger partial charge in [-0.05, 0) is 31.1 Å². The van der Waals surface area contributed by atoms with Gasteiger partial charge in [0.15, 0.2) is 5.82 Å². The van der Waals surface area contributed by atoms with Crippen LogP contribution >= 0.6 is 0 Å². The Balaban J connectivity index is 1.54. The van der Waals surface area contributed by atoms with Crippen LogP contribution in [0.25, 0.3) is 0 Å². The molecule has 1 N–H and O–H groups in total. The highest BCUT2D eigenvalue weighted by Gasteiger charge is 2.26. The van der Waals surface area contributed by atoms with Crippen molar-refractivity contribution in [3.63, 3.8) is 0 Å². The van der Waals surface area contributed by atoms with Gasteiger partial charge in [0.2, 0.25) is 5.89 Å². The summed E-state index contributed by atoms with van der Waals surface area (Å²) in [7, 11) is 0. The van der Waals surface area contributed by atoms with E-state index in [1.807, 2.05) is 0 Å². The number of aromatic nitrogens is 2. The standard InChI is InChI=1S/C14H22N2O3/c17-12-4-2-1-3-11(12)8-14-15-13(16-19-14)7-10-5-6-18-9-10/h10-12,17H,1-9H2. The average Bonchev–Trinajstić information content (AvgIpc) is 3.05. The summed E-state index contributed by atoms with van der Waals surface area (Å²) < 4.78 is 10.7.